The lowest BCUT2D eigenvalue weighted by atomic mass is 9.64. The lowest BCUT2D eigenvalue weighted by molar-refractivity contribution is -0.122. The van der Waals surface area contributed by atoms with Crippen LogP contribution in [0.4, 0.5) is 11.4 Å². The van der Waals surface area contributed by atoms with Gasteiger partial charge in [0.25, 0.3) is 0 Å². The van der Waals surface area contributed by atoms with E-state index in [0.29, 0.717) is 11.3 Å². The van der Waals surface area contributed by atoms with Crippen LogP contribution in [0.5, 0.6) is 0 Å². The first-order valence-corrected chi connectivity index (χ1v) is 12.4. The van der Waals surface area contributed by atoms with Gasteiger partial charge in [0.05, 0.1) is 18.0 Å². The summed E-state index contributed by atoms with van der Waals surface area (Å²) in [7, 11) is 0. The van der Waals surface area contributed by atoms with Gasteiger partial charge >= 0.3 is 0 Å². The molecule has 3 aliphatic heterocycles. The molecule has 1 spiro atoms. The van der Waals surface area contributed by atoms with E-state index in [9.17, 15) is 14.4 Å². The predicted octanol–water partition coefficient (Wildman–Crippen LogP) is 5.32. The standard InChI is InChI=1S/C29H23BrN2O3/c1-16-7-13-23-19(15-16)10-14-24-29(21-5-3-4-6-22(21)31-28(29)35)25(26(17(2)33)32(23)24)27(34)18-8-11-20(30)12-9-18/h3-15,24-26H,1-2H3,(H,31,35)/t24-,25-,26-,29+/m1/s1. The lowest BCUT2D eigenvalue weighted by Crippen LogP contribution is -2.51. The quantitative estimate of drug-likeness (QED) is 0.469. The van der Waals surface area contributed by atoms with Crippen molar-refractivity contribution in [2.24, 2.45) is 5.92 Å². The molecule has 3 heterocycles. The van der Waals surface area contributed by atoms with Crippen LogP contribution in [0, 0.1) is 12.8 Å². The number of carbonyl (C=O) groups excluding carboxylic acids is 3. The molecule has 0 saturated carbocycles. The first kappa shape index (κ1) is 22.0. The highest BCUT2D eigenvalue weighted by Gasteiger charge is 2.69. The molecule has 6 rings (SSSR count). The Bertz CT molecular complexity index is 1440. The summed E-state index contributed by atoms with van der Waals surface area (Å²) < 4.78 is 0.854. The van der Waals surface area contributed by atoms with Gasteiger partial charge in [0, 0.05) is 21.4 Å². The van der Waals surface area contributed by atoms with Gasteiger partial charge in [-0.2, -0.15) is 0 Å². The molecule has 0 bridgehead atoms. The molecule has 0 aliphatic carbocycles. The van der Waals surface area contributed by atoms with Crippen LogP contribution in [-0.2, 0) is 15.0 Å². The smallest absolute Gasteiger partial charge is 0.238 e. The zero-order chi connectivity index (χ0) is 24.5. The SMILES string of the molecule is CC(=O)[C@@H]1[C@H](C(=O)c2ccc(Br)cc2)[C@@]2(C(=O)Nc3ccccc32)[C@H]2C=Cc3cc(C)ccc3N12. The fourth-order valence-corrected chi connectivity index (χ4v) is 6.51. The Morgan fingerprint density at radius 3 is 2.51 bits per heavy atom. The highest BCUT2D eigenvalue weighted by Crippen LogP contribution is 2.57. The van der Waals surface area contributed by atoms with Crippen molar-refractivity contribution in [2.75, 3.05) is 10.2 Å². The van der Waals surface area contributed by atoms with E-state index in [1.54, 1.807) is 12.1 Å². The number of nitrogens with one attached hydrogen (secondary N) is 1. The summed E-state index contributed by atoms with van der Waals surface area (Å²) in [4.78, 5) is 43.7. The van der Waals surface area contributed by atoms with Crippen LogP contribution in [0.3, 0.4) is 0 Å². The number of anilines is 2. The van der Waals surface area contributed by atoms with E-state index >= 15 is 0 Å². The number of fused-ring (bicyclic) bond motifs is 6. The van der Waals surface area contributed by atoms with Crippen molar-refractivity contribution in [1.29, 1.82) is 0 Å². The van der Waals surface area contributed by atoms with Gasteiger partial charge in [0.1, 0.15) is 5.41 Å². The zero-order valence-corrected chi connectivity index (χ0v) is 20.9. The van der Waals surface area contributed by atoms with Gasteiger partial charge in [-0.3, -0.25) is 14.4 Å². The third kappa shape index (κ3) is 2.96. The molecule has 0 radical (unpaired) electrons. The Kier molecular flexibility index (Phi) is 4.87. The van der Waals surface area contributed by atoms with Crippen LogP contribution < -0.4 is 10.2 Å². The maximum atomic E-state index is 14.3. The van der Waals surface area contributed by atoms with E-state index in [1.165, 1.54) is 6.92 Å². The van der Waals surface area contributed by atoms with Crippen LogP contribution in [0.2, 0.25) is 0 Å². The predicted molar refractivity (Wildman–Crippen MR) is 140 cm³/mol. The topological polar surface area (TPSA) is 66.5 Å². The second-order valence-electron chi connectivity index (χ2n) is 9.55. The number of hydrogen-bond acceptors (Lipinski definition) is 4. The van der Waals surface area contributed by atoms with Gasteiger partial charge in [0.15, 0.2) is 11.6 Å². The first-order chi connectivity index (χ1) is 16.8. The van der Waals surface area contributed by atoms with Gasteiger partial charge in [0.2, 0.25) is 5.91 Å². The van der Waals surface area contributed by atoms with Crippen molar-refractivity contribution >= 4 is 50.9 Å². The van der Waals surface area contributed by atoms with E-state index in [0.717, 1.165) is 26.9 Å². The van der Waals surface area contributed by atoms with Crippen molar-refractivity contribution in [1.82, 2.24) is 0 Å². The monoisotopic (exact) mass is 526 g/mol. The Labute approximate surface area is 212 Å². The minimum atomic E-state index is -1.24. The first-order valence-electron chi connectivity index (χ1n) is 11.6. The number of para-hydroxylation sites is 1. The van der Waals surface area contributed by atoms with Crippen molar-refractivity contribution in [3.05, 3.63) is 99.5 Å². The molecule has 3 aromatic carbocycles. The van der Waals surface area contributed by atoms with Crippen LogP contribution in [-0.4, -0.2) is 29.6 Å². The molecule has 0 unspecified atom stereocenters. The third-order valence-electron chi connectivity index (χ3n) is 7.62. The summed E-state index contributed by atoms with van der Waals surface area (Å²) >= 11 is 3.43. The van der Waals surface area contributed by atoms with E-state index < -0.39 is 23.4 Å². The Morgan fingerprint density at radius 1 is 1.03 bits per heavy atom. The summed E-state index contributed by atoms with van der Waals surface area (Å²) in [5.74, 6) is -1.48. The molecule has 4 atom stereocenters. The molecular formula is C29H23BrN2O3. The van der Waals surface area contributed by atoms with Gasteiger partial charge in [-0.15, -0.1) is 0 Å². The lowest BCUT2D eigenvalue weighted by Gasteiger charge is -2.37. The molecule has 35 heavy (non-hydrogen) atoms. The summed E-state index contributed by atoms with van der Waals surface area (Å²) in [5.41, 5.74) is 3.64. The molecular weight excluding hydrogens is 504 g/mol. The maximum Gasteiger partial charge on any atom is 0.238 e. The largest absolute Gasteiger partial charge is 0.352 e. The van der Waals surface area contributed by atoms with Gasteiger partial charge in [-0.25, -0.2) is 0 Å². The Balaban J connectivity index is 1.65. The highest BCUT2D eigenvalue weighted by atomic mass is 79.9. The molecule has 6 heteroatoms. The number of amides is 1. The fraction of sp³-hybridized carbons (Fsp3) is 0.207. The number of rotatable bonds is 3. The number of hydrogen-bond donors (Lipinski definition) is 1. The van der Waals surface area contributed by atoms with Crippen LogP contribution in [0.1, 0.15) is 34.0 Å². The van der Waals surface area contributed by atoms with Crippen molar-refractivity contribution in [3.8, 4) is 0 Å². The molecule has 0 aromatic heterocycles. The maximum absolute atomic E-state index is 14.3. The van der Waals surface area contributed by atoms with E-state index in [2.05, 4.69) is 27.3 Å². The number of halogens is 1. The van der Waals surface area contributed by atoms with Gasteiger partial charge in [-0.05, 0) is 55.3 Å². The van der Waals surface area contributed by atoms with Crippen LogP contribution in [0.15, 0.2) is 77.3 Å². The average Bonchev–Trinajstić information content (AvgIpc) is 3.32. The summed E-state index contributed by atoms with van der Waals surface area (Å²) in [6.45, 7) is 3.54. The van der Waals surface area contributed by atoms with Crippen LogP contribution >= 0.6 is 15.9 Å². The third-order valence-corrected chi connectivity index (χ3v) is 8.14. The van der Waals surface area contributed by atoms with Crippen molar-refractivity contribution in [3.63, 3.8) is 0 Å². The number of ketones is 2. The van der Waals surface area contributed by atoms with Gasteiger partial charge < -0.3 is 10.2 Å². The van der Waals surface area contributed by atoms with E-state index in [4.69, 9.17) is 0 Å². The number of Topliss-reactive ketones (excluding diaryl/α,β-unsaturated/α-hetero) is 2. The minimum Gasteiger partial charge on any atom is -0.352 e. The Hall–Kier alpha value is -3.51. The zero-order valence-electron chi connectivity index (χ0n) is 19.3. The fourth-order valence-electron chi connectivity index (χ4n) is 6.25. The molecule has 3 aliphatic rings. The minimum absolute atomic E-state index is 0.138. The molecule has 1 fully saturated rings. The average molecular weight is 527 g/mol. The molecule has 174 valence electrons. The van der Waals surface area contributed by atoms with Crippen LogP contribution in [0.25, 0.3) is 6.08 Å². The summed E-state index contributed by atoms with van der Waals surface area (Å²) in [6.07, 6.45) is 4.01. The second kappa shape index (κ2) is 7.75. The van der Waals surface area contributed by atoms with Crippen molar-refractivity contribution < 1.29 is 14.4 Å². The number of benzene rings is 3. The molecule has 1 saturated heterocycles. The molecule has 1 N–H and O–H groups in total. The highest BCUT2D eigenvalue weighted by molar-refractivity contribution is 9.10. The van der Waals surface area contributed by atoms with E-state index in [-0.39, 0.29) is 17.5 Å². The normalized spacial score (nSPS) is 25.7. The van der Waals surface area contributed by atoms with Gasteiger partial charge in [-0.1, -0.05) is 70.0 Å². The van der Waals surface area contributed by atoms with E-state index in [1.807, 2.05) is 72.5 Å². The number of nitrogens with zero attached hydrogens (tertiary/aromatic N) is 1. The second-order valence-corrected chi connectivity index (χ2v) is 10.5. The molecule has 1 amide bonds. The molecule has 3 aromatic rings. The summed E-state index contributed by atoms with van der Waals surface area (Å²) in [6, 6.07) is 19.4. The Morgan fingerprint density at radius 2 is 1.77 bits per heavy atom. The van der Waals surface area contributed by atoms with Crippen molar-refractivity contribution in [2.45, 2.75) is 31.3 Å². The number of aryl methyl sites for hydroxylation is 1. The molecule has 5 nitrogen and oxygen atoms in total. The number of carbonyl (C=O) groups is 3. The summed E-state index contributed by atoms with van der Waals surface area (Å²) in [5, 5.41) is 3.03.